The SMILES string of the molecule is Cc1c(Oc2ccc(C(N)=NCCOC(C)C)cc2F)ncnc1OC1CCN(OC(=O)OC(C)C)CC1. The van der Waals surface area contributed by atoms with Crippen molar-refractivity contribution in [1.29, 1.82) is 0 Å². The van der Waals surface area contributed by atoms with Gasteiger partial charge in [0.2, 0.25) is 11.8 Å². The van der Waals surface area contributed by atoms with Crippen LogP contribution in [-0.2, 0) is 14.3 Å². The Hall–Kier alpha value is -3.51. The number of piperidine rings is 1. The molecule has 38 heavy (non-hydrogen) atoms. The van der Waals surface area contributed by atoms with Crippen LogP contribution in [0.2, 0.25) is 0 Å². The van der Waals surface area contributed by atoms with Crippen LogP contribution in [0.3, 0.4) is 0 Å². The zero-order chi connectivity index (χ0) is 27.7. The van der Waals surface area contributed by atoms with Gasteiger partial charge in [0.25, 0.3) is 0 Å². The Bertz CT molecular complexity index is 1110. The van der Waals surface area contributed by atoms with Gasteiger partial charge >= 0.3 is 6.16 Å². The van der Waals surface area contributed by atoms with Crippen molar-refractivity contribution in [3.63, 3.8) is 0 Å². The predicted octanol–water partition coefficient (Wildman–Crippen LogP) is 4.17. The summed E-state index contributed by atoms with van der Waals surface area (Å²) in [6.45, 7) is 10.9. The summed E-state index contributed by atoms with van der Waals surface area (Å²) < 4.78 is 37.0. The van der Waals surface area contributed by atoms with E-state index in [1.54, 1.807) is 31.9 Å². The Kier molecular flexibility index (Phi) is 10.6. The fraction of sp³-hybridized carbons (Fsp3) is 0.538. The van der Waals surface area contributed by atoms with E-state index in [2.05, 4.69) is 15.0 Å². The van der Waals surface area contributed by atoms with E-state index in [9.17, 15) is 9.18 Å². The second kappa shape index (κ2) is 13.9. The van der Waals surface area contributed by atoms with E-state index < -0.39 is 12.0 Å². The maximum atomic E-state index is 14.8. The topological polar surface area (TPSA) is 131 Å². The van der Waals surface area contributed by atoms with Crippen LogP contribution in [0.15, 0.2) is 29.5 Å². The van der Waals surface area contributed by atoms with Gasteiger partial charge in [-0.2, -0.15) is 0 Å². The minimum Gasteiger partial charge on any atom is -0.474 e. The molecule has 11 nitrogen and oxygen atoms in total. The average Bonchev–Trinajstić information content (AvgIpc) is 2.85. The third-order valence-electron chi connectivity index (χ3n) is 5.47. The van der Waals surface area contributed by atoms with Crippen molar-refractivity contribution in [2.45, 2.75) is 65.8 Å². The van der Waals surface area contributed by atoms with Crippen molar-refractivity contribution < 1.29 is 33.0 Å². The molecule has 0 atom stereocenters. The van der Waals surface area contributed by atoms with E-state index in [4.69, 9.17) is 29.5 Å². The van der Waals surface area contributed by atoms with E-state index in [1.807, 2.05) is 13.8 Å². The molecular formula is C26H36FN5O6. The number of hydroxylamine groups is 2. The highest BCUT2D eigenvalue weighted by Gasteiger charge is 2.25. The van der Waals surface area contributed by atoms with Crippen LogP contribution in [0.5, 0.6) is 17.5 Å². The molecule has 0 spiro atoms. The molecular weight excluding hydrogens is 497 g/mol. The number of halogens is 1. The smallest absolute Gasteiger partial charge is 0.474 e. The minimum absolute atomic E-state index is 0.0174. The summed E-state index contributed by atoms with van der Waals surface area (Å²) in [6, 6.07) is 4.36. The summed E-state index contributed by atoms with van der Waals surface area (Å²) in [7, 11) is 0. The van der Waals surface area contributed by atoms with Crippen molar-refractivity contribution in [3.05, 3.63) is 41.5 Å². The van der Waals surface area contributed by atoms with Crippen LogP contribution in [0.1, 0.15) is 51.7 Å². The molecule has 0 aliphatic carbocycles. The predicted molar refractivity (Wildman–Crippen MR) is 138 cm³/mol. The molecule has 1 aromatic heterocycles. The third-order valence-corrected chi connectivity index (χ3v) is 5.47. The molecule has 0 amide bonds. The molecule has 2 aromatic rings. The molecule has 1 fully saturated rings. The first-order valence-electron chi connectivity index (χ1n) is 12.6. The second-order valence-corrected chi connectivity index (χ2v) is 9.30. The van der Waals surface area contributed by atoms with Crippen molar-refractivity contribution >= 4 is 12.0 Å². The maximum Gasteiger partial charge on any atom is 0.528 e. The molecule has 1 aliphatic rings. The van der Waals surface area contributed by atoms with E-state index in [-0.39, 0.29) is 35.8 Å². The van der Waals surface area contributed by atoms with E-state index >= 15 is 0 Å². The lowest BCUT2D eigenvalue weighted by molar-refractivity contribution is -0.151. The summed E-state index contributed by atoms with van der Waals surface area (Å²) in [5.41, 5.74) is 6.95. The summed E-state index contributed by atoms with van der Waals surface area (Å²) in [6.07, 6.45) is 1.49. The summed E-state index contributed by atoms with van der Waals surface area (Å²) in [4.78, 5) is 29.4. The molecule has 0 unspecified atom stereocenters. The van der Waals surface area contributed by atoms with E-state index in [0.717, 1.165) is 0 Å². The van der Waals surface area contributed by atoms with Crippen molar-refractivity contribution in [1.82, 2.24) is 15.0 Å². The lowest BCUT2D eigenvalue weighted by Gasteiger charge is -2.30. The van der Waals surface area contributed by atoms with Gasteiger partial charge in [-0.1, -0.05) is 0 Å². The van der Waals surface area contributed by atoms with E-state index in [0.29, 0.717) is 56.1 Å². The highest BCUT2D eigenvalue weighted by molar-refractivity contribution is 5.97. The van der Waals surface area contributed by atoms with Crippen LogP contribution in [0.4, 0.5) is 9.18 Å². The first-order valence-corrected chi connectivity index (χ1v) is 12.6. The van der Waals surface area contributed by atoms with Gasteiger partial charge in [0.1, 0.15) is 18.3 Å². The number of hydrogen-bond donors (Lipinski definition) is 1. The molecule has 0 saturated carbocycles. The number of aromatic nitrogens is 2. The van der Waals surface area contributed by atoms with Gasteiger partial charge in [-0.15, -0.1) is 5.06 Å². The minimum atomic E-state index is -0.723. The summed E-state index contributed by atoms with van der Waals surface area (Å²) >= 11 is 0. The molecule has 2 heterocycles. The Balaban J connectivity index is 1.57. The number of carbonyl (C=O) groups excluding carboxylic acids is 1. The van der Waals surface area contributed by atoms with Crippen molar-refractivity contribution in [3.8, 4) is 17.5 Å². The fourth-order valence-corrected chi connectivity index (χ4v) is 3.55. The number of rotatable bonds is 11. The average molecular weight is 534 g/mol. The van der Waals surface area contributed by atoms with E-state index in [1.165, 1.54) is 18.5 Å². The van der Waals surface area contributed by atoms with Gasteiger partial charge in [0.05, 0.1) is 30.9 Å². The molecule has 0 bridgehead atoms. The van der Waals surface area contributed by atoms with Crippen LogP contribution in [0.25, 0.3) is 0 Å². The molecule has 1 saturated heterocycles. The zero-order valence-corrected chi connectivity index (χ0v) is 22.5. The Morgan fingerprint density at radius 2 is 1.87 bits per heavy atom. The molecule has 0 radical (unpaired) electrons. The van der Waals surface area contributed by atoms with Crippen molar-refractivity contribution in [2.24, 2.45) is 10.7 Å². The number of nitrogens with two attached hydrogens (primary N) is 1. The second-order valence-electron chi connectivity index (χ2n) is 9.30. The molecule has 1 aromatic carbocycles. The van der Waals surface area contributed by atoms with Crippen LogP contribution in [0, 0.1) is 12.7 Å². The quantitative estimate of drug-likeness (QED) is 0.194. The molecule has 3 rings (SSSR count). The number of amidine groups is 1. The largest absolute Gasteiger partial charge is 0.528 e. The number of carbonyl (C=O) groups is 1. The van der Waals surface area contributed by atoms with Crippen LogP contribution >= 0.6 is 0 Å². The fourth-order valence-electron chi connectivity index (χ4n) is 3.55. The number of benzene rings is 1. The first-order chi connectivity index (χ1) is 18.1. The molecule has 12 heteroatoms. The Morgan fingerprint density at radius 3 is 2.53 bits per heavy atom. The van der Waals surface area contributed by atoms with Gasteiger partial charge in [-0.25, -0.2) is 19.2 Å². The normalized spacial score (nSPS) is 15.1. The summed E-state index contributed by atoms with van der Waals surface area (Å²) in [5.74, 6) is 0.0982. The van der Waals surface area contributed by atoms with Crippen molar-refractivity contribution in [2.75, 3.05) is 26.2 Å². The first kappa shape index (κ1) is 29.1. The number of ether oxygens (including phenoxy) is 4. The van der Waals surface area contributed by atoms with Gasteiger partial charge in [-0.05, 0) is 52.8 Å². The maximum absolute atomic E-state index is 14.8. The number of aliphatic imine (C=N–C) groups is 1. The lowest BCUT2D eigenvalue weighted by Crippen LogP contribution is -2.40. The number of hydrogen-bond acceptors (Lipinski definition) is 10. The molecule has 1 aliphatic heterocycles. The van der Waals surface area contributed by atoms with Crippen LogP contribution in [-0.4, -0.2) is 71.6 Å². The van der Waals surface area contributed by atoms with Gasteiger partial charge in [0, 0.05) is 31.5 Å². The standard InChI is InChI=1S/C26H36FN5O6/c1-16(2)34-13-10-29-23(28)19-6-7-22(21(27)14-19)37-25-18(5)24(30-15-31-25)36-20-8-11-32(12-9-20)38-26(33)35-17(3)4/h6-7,14-17,20H,8-13H2,1-5H3,(H2,28,29). The molecule has 208 valence electrons. The number of nitrogens with zero attached hydrogens (tertiary/aromatic N) is 4. The zero-order valence-electron chi connectivity index (χ0n) is 22.5. The lowest BCUT2D eigenvalue weighted by atomic mass is 10.1. The van der Waals surface area contributed by atoms with Crippen LogP contribution < -0.4 is 15.2 Å². The summed E-state index contributed by atoms with van der Waals surface area (Å²) in [5, 5.41) is 1.55. The Labute approximate surface area is 222 Å². The third kappa shape index (κ3) is 8.80. The highest BCUT2D eigenvalue weighted by atomic mass is 19.1. The van der Waals surface area contributed by atoms with Gasteiger partial charge in [-0.3, -0.25) is 4.99 Å². The van der Waals surface area contributed by atoms with Gasteiger partial charge < -0.3 is 29.5 Å². The highest BCUT2D eigenvalue weighted by Crippen LogP contribution is 2.30. The Morgan fingerprint density at radius 1 is 1.16 bits per heavy atom. The molecule has 2 N–H and O–H groups in total. The van der Waals surface area contributed by atoms with Gasteiger partial charge in [0.15, 0.2) is 11.6 Å². The monoisotopic (exact) mass is 533 g/mol.